The van der Waals surface area contributed by atoms with Crippen LogP contribution in [0, 0.1) is 0 Å². The topological polar surface area (TPSA) is 105 Å². The second-order valence-corrected chi connectivity index (χ2v) is 4.93. The molecule has 0 fully saturated rings. The summed E-state index contributed by atoms with van der Waals surface area (Å²) in [6.45, 7) is 2.67. The summed E-state index contributed by atoms with van der Waals surface area (Å²) in [6.07, 6.45) is 2.81. The van der Waals surface area contributed by atoms with Gasteiger partial charge in [-0.3, -0.25) is 9.48 Å². The summed E-state index contributed by atoms with van der Waals surface area (Å²) in [7, 11) is 3.18. The number of nitrogens with one attached hydrogen (secondary N) is 1. The molecule has 0 aliphatic rings. The highest BCUT2D eigenvalue weighted by molar-refractivity contribution is 6.07. The predicted octanol–water partition coefficient (Wildman–Crippen LogP) is 1.27. The van der Waals surface area contributed by atoms with Crippen LogP contribution in [0.4, 0.5) is 5.82 Å². The largest absolute Gasteiger partial charge is 0.475 e. The quantitative estimate of drug-likeness (QED) is 0.566. The average Bonchev–Trinajstić information content (AvgIpc) is 2.96. The van der Waals surface area contributed by atoms with Crippen LogP contribution < -0.4 is 10.1 Å². The SMILES string of the molecule is CCOC(=O)c1cnn(C)c1NC(=O)c1ccnc(OCCOC)c1. The molecule has 2 rings (SSSR count). The molecule has 9 heteroatoms. The van der Waals surface area contributed by atoms with Crippen molar-refractivity contribution in [2.75, 3.05) is 32.2 Å². The summed E-state index contributed by atoms with van der Waals surface area (Å²) in [5.74, 6) is -0.417. The lowest BCUT2D eigenvalue weighted by atomic mass is 10.2. The Morgan fingerprint density at radius 2 is 2.12 bits per heavy atom. The zero-order valence-electron chi connectivity index (χ0n) is 14.3. The lowest BCUT2D eigenvalue weighted by molar-refractivity contribution is 0.0527. The molecule has 9 nitrogen and oxygen atoms in total. The van der Waals surface area contributed by atoms with Crippen LogP contribution >= 0.6 is 0 Å². The fraction of sp³-hybridized carbons (Fsp3) is 0.375. The Labute approximate surface area is 144 Å². The van der Waals surface area contributed by atoms with Gasteiger partial charge in [0.25, 0.3) is 5.91 Å². The Kier molecular flexibility index (Phi) is 6.47. The molecule has 0 unspecified atom stereocenters. The Hall–Kier alpha value is -2.94. The van der Waals surface area contributed by atoms with E-state index < -0.39 is 11.9 Å². The van der Waals surface area contributed by atoms with E-state index in [4.69, 9.17) is 14.2 Å². The molecule has 1 N–H and O–H groups in total. The van der Waals surface area contributed by atoms with E-state index in [-0.39, 0.29) is 18.0 Å². The van der Waals surface area contributed by atoms with Crippen molar-refractivity contribution in [3.05, 3.63) is 35.7 Å². The van der Waals surface area contributed by atoms with Gasteiger partial charge in [-0.15, -0.1) is 0 Å². The maximum atomic E-state index is 12.5. The van der Waals surface area contributed by atoms with Gasteiger partial charge >= 0.3 is 5.97 Å². The molecule has 0 radical (unpaired) electrons. The number of pyridine rings is 1. The molecule has 2 aromatic heterocycles. The van der Waals surface area contributed by atoms with Crippen LogP contribution in [0.5, 0.6) is 5.88 Å². The third kappa shape index (κ3) is 4.77. The van der Waals surface area contributed by atoms with Crippen molar-refractivity contribution in [2.45, 2.75) is 6.92 Å². The van der Waals surface area contributed by atoms with Gasteiger partial charge in [0.15, 0.2) is 0 Å². The van der Waals surface area contributed by atoms with Gasteiger partial charge in [0.05, 0.1) is 19.4 Å². The van der Waals surface area contributed by atoms with Crippen molar-refractivity contribution in [3.63, 3.8) is 0 Å². The molecule has 0 aliphatic carbocycles. The molecule has 0 atom stereocenters. The van der Waals surface area contributed by atoms with E-state index in [1.165, 1.54) is 23.1 Å². The Bertz CT molecular complexity index is 744. The monoisotopic (exact) mass is 348 g/mol. The number of hydrogen-bond acceptors (Lipinski definition) is 7. The lowest BCUT2D eigenvalue weighted by Crippen LogP contribution is -2.18. The van der Waals surface area contributed by atoms with Crippen molar-refractivity contribution < 1.29 is 23.8 Å². The highest BCUT2D eigenvalue weighted by Gasteiger charge is 2.20. The van der Waals surface area contributed by atoms with Crippen molar-refractivity contribution in [1.82, 2.24) is 14.8 Å². The molecule has 0 bridgehead atoms. The Balaban J connectivity index is 2.13. The first-order chi connectivity index (χ1) is 12.1. The van der Waals surface area contributed by atoms with E-state index >= 15 is 0 Å². The molecule has 134 valence electrons. The summed E-state index contributed by atoms with van der Waals surface area (Å²) in [6, 6.07) is 3.05. The number of aryl methyl sites for hydroxylation is 1. The first-order valence-electron chi connectivity index (χ1n) is 7.65. The minimum Gasteiger partial charge on any atom is -0.475 e. The van der Waals surface area contributed by atoms with Crippen LogP contribution in [0.15, 0.2) is 24.5 Å². The molecule has 2 aromatic rings. The van der Waals surface area contributed by atoms with Gasteiger partial charge in [0.1, 0.15) is 18.0 Å². The molecular weight excluding hydrogens is 328 g/mol. The number of aromatic nitrogens is 3. The average molecular weight is 348 g/mol. The zero-order chi connectivity index (χ0) is 18.2. The normalized spacial score (nSPS) is 10.4. The van der Waals surface area contributed by atoms with Crippen LogP contribution in [-0.4, -0.2) is 53.6 Å². The number of ether oxygens (including phenoxy) is 3. The number of amides is 1. The number of hydrogen-bond donors (Lipinski definition) is 1. The number of esters is 1. The van der Waals surface area contributed by atoms with Crippen molar-refractivity contribution in [3.8, 4) is 5.88 Å². The summed E-state index contributed by atoms with van der Waals surface area (Å²) in [5.41, 5.74) is 0.516. The maximum absolute atomic E-state index is 12.5. The number of nitrogens with zero attached hydrogens (tertiary/aromatic N) is 3. The van der Waals surface area contributed by atoms with Gasteiger partial charge in [-0.05, 0) is 13.0 Å². The van der Waals surface area contributed by atoms with Gasteiger partial charge in [-0.25, -0.2) is 9.78 Å². The summed E-state index contributed by atoms with van der Waals surface area (Å²) >= 11 is 0. The standard InChI is InChI=1S/C16H20N4O5/c1-4-24-16(22)12-10-18-20(2)14(12)19-15(21)11-5-6-17-13(9-11)25-8-7-23-3/h5-6,9-10H,4,7-8H2,1-3H3,(H,19,21). The number of rotatable bonds is 8. The van der Waals surface area contributed by atoms with Crippen LogP contribution in [0.25, 0.3) is 0 Å². The Morgan fingerprint density at radius 1 is 1.32 bits per heavy atom. The third-order valence-corrected chi connectivity index (χ3v) is 3.20. The maximum Gasteiger partial charge on any atom is 0.343 e. The van der Waals surface area contributed by atoms with Crippen LogP contribution in [0.3, 0.4) is 0 Å². The van der Waals surface area contributed by atoms with Crippen LogP contribution in [-0.2, 0) is 16.5 Å². The number of carbonyl (C=O) groups excluding carboxylic acids is 2. The van der Waals surface area contributed by atoms with E-state index in [1.54, 1.807) is 27.1 Å². The molecule has 0 aromatic carbocycles. The van der Waals surface area contributed by atoms with Gasteiger partial charge in [-0.2, -0.15) is 5.10 Å². The second kappa shape index (κ2) is 8.78. The molecule has 1 amide bonds. The highest BCUT2D eigenvalue weighted by Crippen LogP contribution is 2.17. The summed E-state index contributed by atoms with van der Waals surface area (Å²) < 4.78 is 16.6. The number of anilines is 1. The zero-order valence-corrected chi connectivity index (χ0v) is 14.3. The first kappa shape index (κ1) is 18.4. The smallest absolute Gasteiger partial charge is 0.343 e. The van der Waals surface area contributed by atoms with E-state index in [2.05, 4.69) is 15.4 Å². The molecule has 0 spiro atoms. The van der Waals surface area contributed by atoms with Gasteiger partial charge in [-0.1, -0.05) is 0 Å². The van der Waals surface area contributed by atoms with E-state index in [0.717, 1.165) is 0 Å². The predicted molar refractivity (Wildman–Crippen MR) is 88.7 cm³/mol. The molecule has 2 heterocycles. The van der Waals surface area contributed by atoms with Gasteiger partial charge in [0, 0.05) is 32.0 Å². The molecule has 0 saturated heterocycles. The van der Waals surface area contributed by atoms with E-state index in [9.17, 15) is 9.59 Å². The summed E-state index contributed by atoms with van der Waals surface area (Å²) in [4.78, 5) is 28.4. The molecule has 0 aliphatic heterocycles. The lowest BCUT2D eigenvalue weighted by Gasteiger charge is -2.09. The molecule has 0 saturated carbocycles. The fourth-order valence-electron chi connectivity index (χ4n) is 1.98. The second-order valence-electron chi connectivity index (χ2n) is 4.93. The highest BCUT2D eigenvalue weighted by atomic mass is 16.5. The van der Waals surface area contributed by atoms with Crippen molar-refractivity contribution >= 4 is 17.7 Å². The minimum atomic E-state index is -0.552. The van der Waals surface area contributed by atoms with Crippen LogP contribution in [0.2, 0.25) is 0 Å². The number of carbonyl (C=O) groups is 2. The van der Waals surface area contributed by atoms with E-state index in [1.807, 2.05) is 0 Å². The molecular formula is C16H20N4O5. The third-order valence-electron chi connectivity index (χ3n) is 3.20. The molecule has 25 heavy (non-hydrogen) atoms. The van der Waals surface area contributed by atoms with Crippen molar-refractivity contribution in [2.24, 2.45) is 7.05 Å². The van der Waals surface area contributed by atoms with Crippen molar-refractivity contribution in [1.29, 1.82) is 0 Å². The van der Waals surface area contributed by atoms with E-state index in [0.29, 0.717) is 24.7 Å². The first-order valence-corrected chi connectivity index (χ1v) is 7.65. The van der Waals surface area contributed by atoms with Gasteiger partial charge in [0.2, 0.25) is 5.88 Å². The Morgan fingerprint density at radius 3 is 2.84 bits per heavy atom. The minimum absolute atomic E-state index is 0.184. The number of methoxy groups -OCH3 is 1. The summed E-state index contributed by atoms with van der Waals surface area (Å²) in [5, 5.41) is 6.65. The van der Waals surface area contributed by atoms with Crippen LogP contribution in [0.1, 0.15) is 27.6 Å². The van der Waals surface area contributed by atoms with Gasteiger partial charge < -0.3 is 19.5 Å². The fourth-order valence-corrected chi connectivity index (χ4v) is 1.98.